The number of benzene rings is 1. The number of nitrogens with one attached hydrogen (secondary N) is 2. The third kappa shape index (κ3) is 3.95. The van der Waals surface area contributed by atoms with Crippen LogP contribution in [0.25, 0.3) is 11.0 Å². The summed E-state index contributed by atoms with van der Waals surface area (Å²) in [4.78, 5) is 24.1. The van der Waals surface area contributed by atoms with Crippen LogP contribution in [0.15, 0.2) is 21.3 Å². The number of fused-ring (bicyclic) bond motifs is 3. The molecule has 1 unspecified atom stereocenters. The van der Waals surface area contributed by atoms with Crippen LogP contribution in [0.4, 0.5) is 0 Å². The normalized spacial score (nSPS) is 19.1. The van der Waals surface area contributed by atoms with E-state index in [-0.39, 0.29) is 24.2 Å². The van der Waals surface area contributed by atoms with Crippen LogP contribution in [0.3, 0.4) is 0 Å². The van der Waals surface area contributed by atoms with E-state index in [9.17, 15) is 9.59 Å². The van der Waals surface area contributed by atoms with E-state index in [1.807, 2.05) is 0 Å². The number of morpholine rings is 1. The van der Waals surface area contributed by atoms with Crippen LogP contribution in [0.1, 0.15) is 17.5 Å². The van der Waals surface area contributed by atoms with E-state index in [4.69, 9.17) is 25.5 Å². The topological polar surface area (TPSA) is 89.8 Å². The third-order valence-electron chi connectivity index (χ3n) is 4.92. The maximum atomic E-state index is 12.1. The van der Waals surface area contributed by atoms with Crippen molar-refractivity contribution < 1.29 is 18.7 Å². The lowest BCUT2D eigenvalue weighted by molar-refractivity contribution is -0.123. The Labute approximate surface area is 161 Å². The smallest absolute Gasteiger partial charge is 0.339 e. The lowest BCUT2D eigenvalue weighted by Crippen LogP contribution is -2.45. The first-order valence-electron chi connectivity index (χ1n) is 9.12. The summed E-state index contributed by atoms with van der Waals surface area (Å²) >= 11 is 6.32. The second kappa shape index (κ2) is 7.88. The largest absolute Gasteiger partial charge is 0.482 e. The monoisotopic (exact) mass is 392 g/mol. The van der Waals surface area contributed by atoms with Crippen molar-refractivity contribution in [1.82, 2.24) is 10.6 Å². The van der Waals surface area contributed by atoms with Crippen molar-refractivity contribution in [2.75, 3.05) is 32.8 Å². The summed E-state index contributed by atoms with van der Waals surface area (Å²) in [6.07, 6.45) is 2.48. The Morgan fingerprint density at radius 1 is 1.33 bits per heavy atom. The fourth-order valence-electron chi connectivity index (χ4n) is 3.57. The molecule has 1 fully saturated rings. The zero-order valence-electron chi connectivity index (χ0n) is 14.8. The van der Waals surface area contributed by atoms with Crippen LogP contribution < -0.4 is 21.0 Å². The lowest BCUT2D eigenvalue weighted by atomic mass is 10.1. The molecule has 7 nitrogen and oxygen atoms in total. The first-order chi connectivity index (χ1) is 13.1. The molecular formula is C19H21ClN2O5. The summed E-state index contributed by atoms with van der Waals surface area (Å²) in [6, 6.07) is 3.33. The molecule has 1 aromatic carbocycles. The lowest BCUT2D eigenvalue weighted by Gasteiger charge is -2.23. The summed E-state index contributed by atoms with van der Waals surface area (Å²) < 4.78 is 16.5. The molecule has 1 atom stereocenters. The van der Waals surface area contributed by atoms with E-state index < -0.39 is 0 Å². The van der Waals surface area contributed by atoms with Gasteiger partial charge in [0.05, 0.1) is 17.7 Å². The third-order valence-corrected chi connectivity index (χ3v) is 5.21. The van der Waals surface area contributed by atoms with Gasteiger partial charge in [0.25, 0.3) is 5.91 Å². The van der Waals surface area contributed by atoms with Crippen molar-refractivity contribution in [3.63, 3.8) is 0 Å². The fraction of sp³-hybridized carbons (Fsp3) is 0.474. The van der Waals surface area contributed by atoms with Gasteiger partial charge in [0.15, 0.2) is 6.61 Å². The molecule has 0 saturated carbocycles. The van der Waals surface area contributed by atoms with Crippen molar-refractivity contribution in [1.29, 1.82) is 0 Å². The van der Waals surface area contributed by atoms with Crippen LogP contribution in [-0.4, -0.2) is 44.9 Å². The highest BCUT2D eigenvalue weighted by Gasteiger charge is 2.21. The van der Waals surface area contributed by atoms with Crippen LogP contribution in [0.2, 0.25) is 5.02 Å². The number of carbonyl (C=O) groups is 1. The molecule has 2 aliphatic rings. The molecule has 1 aliphatic heterocycles. The second-order valence-corrected chi connectivity index (χ2v) is 7.18. The van der Waals surface area contributed by atoms with Crippen LogP contribution in [0.5, 0.6) is 5.75 Å². The fourth-order valence-corrected chi connectivity index (χ4v) is 3.78. The zero-order valence-corrected chi connectivity index (χ0v) is 15.6. The molecule has 144 valence electrons. The van der Waals surface area contributed by atoms with Gasteiger partial charge in [0, 0.05) is 36.7 Å². The quantitative estimate of drug-likeness (QED) is 0.748. The van der Waals surface area contributed by atoms with E-state index in [0.717, 1.165) is 42.3 Å². The van der Waals surface area contributed by atoms with Crippen molar-refractivity contribution in [2.45, 2.75) is 25.4 Å². The Kier molecular flexibility index (Phi) is 5.33. The van der Waals surface area contributed by atoms with Crippen LogP contribution in [0, 0.1) is 0 Å². The molecule has 1 aliphatic carbocycles. The summed E-state index contributed by atoms with van der Waals surface area (Å²) in [7, 11) is 0. The maximum absolute atomic E-state index is 12.1. The number of ether oxygens (including phenoxy) is 2. The molecule has 2 N–H and O–H groups in total. The molecule has 2 heterocycles. The number of halogens is 1. The average molecular weight is 393 g/mol. The molecule has 1 saturated heterocycles. The standard InChI is InChI=1S/C19H21ClN2O5/c20-15-6-14-12-2-1-3-13(12)19(24)27-16(14)7-17(15)26-10-18(23)22-9-11-8-21-4-5-25-11/h6-7,11,21H,1-5,8-10H2,(H,22,23). The van der Waals surface area contributed by atoms with Crippen molar-refractivity contribution in [3.05, 3.63) is 38.7 Å². The zero-order chi connectivity index (χ0) is 18.8. The van der Waals surface area contributed by atoms with Gasteiger partial charge in [0.1, 0.15) is 11.3 Å². The molecule has 0 bridgehead atoms. The van der Waals surface area contributed by atoms with Crippen molar-refractivity contribution in [2.24, 2.45) is 0 Å². The SMILES string of the molecule is O=C(COc1cc2oc(=O)c3c(c2cc1Cl)CCC3)NCC1CNCCO1. The van der Waals surface area contributed by atoms with Gasteiger partial charge in [-0.25, -0.2) is 4.79 Å². The predicted octanol–water partition coefficient (Wildman–Crippen LogP) is 1.42. The minimum absolute atomic E-state index is 0.0386. The molecule has 0 radical (unpaired) electrons. The Bertz CT molecular complexity index is 920. The van der Waals surface area contributed by atoms with E-state index in [0.29, 0.717) is 36.1 Å². The maximum Gasteiger partial charge on any atom is 0.339 e. The first kappa shape index (κ1) is 18.3. The highest BCUT2D eigenvalue weighted by Crippen LogP contribution is 2.34. The van der Waals surface area contributed by atoms with Gasteiger partial charge in [-0.1, -0.05) is 11.6 Å². The van der Waals surface area contributed by atoms with Gasteiger partial charge in [-0.15, -0.1) is 0 Å². The molecule has 4 rings (SSSR count). The molecule has 2 aromatic rings. The number of rotatable bonds is 5. The second-order valence-electron chi connectivity index (χ2n) is 6.77. The molecule has 8 heteroatoms. The number of hydrogen-bond acceptors (Lipinski definition) is 6. The van der Waals surface area contributed by atoms with E-state index in [2.05, 4.69) is 10.6 Å². The molecule has 1 aromatic heterocycles. The van der Waals surface area contributed by atoms with Gasteiger partial charge >= 0.3 is 5.63 Å². The average Bonchev–Trinajstić information content (AvgIpc) is 3.17. The molecule has 1 amide bonds. The van der Waals surface area contributed by atoms with Gasteiger partial charge in [-0.05, 0) is 30.9 Å². The van der Waals surface area contributed by atoms with Gasteiger partial charge in [-0.2, -0.15) is 0 Å². The van der Waals surface area contributed by atoms with Crippen LogP contribution in [-0.2, 0) is 22.4 Å². The van der Waals surface area contributed by atoms with Gasteiger partial charge < -0.3 is 24.5 Å². The van der Waals surface area contributed by atoms with Gasteiger partial charge in [-0.3, -0.25) is 4.79 Å². The summed E-state index contributed by atoms with van der Waals surface area (Å²) in [5.74, 6) is 0.0479. The predicted molar refractivity (Wildman–Crippen MR) is 101 cm³/mol. The Balaban J connectivity index is 1.43. The highest BCUT2D eigenvalue weighted by molar-refractivity contribution is 6.32. The van der Waals surface area contributed by atoms with E-state index >= 15 is 0 Å². The molecule has 0 spiro atoms. The Hall–Kier alpha value is -2.09. The van der Waals surface area contributed by atoms with Crippen molar-refractivity contribution >= 4 is 28.5 Å². The minimum Gasteiger partial charge on any atom is -0.482 e. The number of carbonyl (C=O) groups excluding carboxylic acids is 1. The van der Waals surface area contributed by atoms with E-state index in [1.165, 1.54) is 0 Å². The summed E-state index contributed by atoms with van der Waals surface area (Å²) in [5.41, 5.74) is 1.88. The van der Waals surface area contributed by atoms with Gasteiger partial charge in [0.2, 0.25) is 0 Å². The molecular weight excluding hydrogens is 372 g/mol. The number of amides is 1. The minimum atomic E-state index is -0.304. The highest BCUT2D eigenvalue weighted by atomic mass is 35.5. The first-order valence-corrected chi connectivity index (χ1v) is 9.49. The number of aryl methyl sites for hydroxylation is 1. The number of hydrogen-bond donors (Lipinski definition) is 2. The van der Waals surface area contributed by atoms with Crippen molar-refractivity contribution in [3.8, 4) is 5.75 Å². The Morgan fingerprint density at radius 3 is 3.00 bits per heavy atom. The summed E-state index contributed by atoms with van der Waals surface area (Å²) in [6.45, 7) is 2.41. The molecule has 27 heavy (non-hydrogen) atoms. The Morgan fingerprint density at radius 2 is 2.19 bits per heavy atom. The summed E-state index contributed by atoms with van der Waals surface area (Å²) in [5, 5.41) is 7.20. The van der Waals surface area contributed by atoms with E-state index in [1.54, 1.807) is 12.1 Å². The van der Waals surface area contributed by atoms with Crippen LogP contribution >= 0.6 is 11.6 Å².